The first-order chi connectivity index (χ1) is 7.02. The van der Waals surface area contributed by atoms with Gasteiger partial charge in [-0.3, -0.25) is 0 Å². The first kappa shape index (κ1) is 9.89. The van der Waals surface area contributed by atoms with Crippen LogP contribution >= 0.6 is 0 Å². The van der Waals surface area contributed by atoms with Gasteiger partial charge in [-0.05, 0) is 64.7 Å². The Morgan fingerprint density at radius 1 is 1.20 bits per heavy atom. The van der Waals surface area contributed by atoms with Gasteiger partial charge in [0.15, 0.2) is 0 Å². The summed E-state index contributed by atoms with van der Waals surface area (Å²) in [5.74, 6) is 1.59. The van der Waals surface area contributed by atoms with Crippen LogP contribution in [0.2, 0.25) is 0 Å². The van der Waals surface area contributed by atoms with E-state index in [0.29, 0.717) is 0 Å². The predicted molar refractivity (Wildman–Crippen MR) is 61.7 cm³/mol. The highest BCUT2D eigenvalue weighted by atomic mass is 16.5. The number of hydrogen-bond donors (Lipinski definition) is 0. The van der Waals surface area contributed by atoms with E-state index in [2.05, 4.69) is 26.8 Å². The molecule has 0 aromatic heterocycles. The lowest BCUT2D eigenvalue weighted by molar-refractivity contribution is -0.0898. The van der Waals surface area contributed by atoms with Gasteiger partial charge in [0.05, 0.1) is 11.2 Å². The number of rotatable bonds is 0. The summed E-state index contributed by atoms with van der Waals surface area (Å²) >= 11 is 0. The van der Waals surface area contributed by atoms with E-state index < -0.39 is 0 Å². The predicted octanol–water partition coefficient (Wildman–Crippen LogP) is 3.69. The molecule has 1 nitrogen and oxygen atoms in total. The minimum atomic E-state index is 0.114. The Kier molecular flexibility index (Phi) is 1.90. The molecular formula is C14H22O. The minimum Gasteiger partial charge on any atom is -0.364 e. The van der Waals surface area contributed by atoms with Crippen LogP contribution in [0.15, 0.2) is 11.6 Å². The molecule has 84 valence electrons. The molecule has 3 atom stereocenters. The third-order valence-electron chi connectivity index (χ3n) is 4.93. The van der Waals surface area contributed by atoms with Gasteiger partial charge >= 0.3 is 0 Å². The Morgan fingerprint density at radius 2 is 1.93 bits per heavy atom. The highest BCUT2D eigenvalue weighted by Crippen LogP contribution is 2.57. The van der Waals surface area contributed by atoms with E-state index in [9.17, 15) is 0 Å². The molecule has 2 fully saturated rings. The maximum absolute atomic E-state index is 6.46. The van der Waals surface area contributed by atoms with Crippen molar-refractivity contribution in [3.05, 3.63) is 11.6 Å². The van der Waals surface area contributed by atoms with Crippen molar-refractivity contribution >= 4 is 0 Å². The lowest BCUT2D eigenvalue weighted by Gasteiger charge is -2.41. The maximum Gasteiger partial charge on any atom is 0.0904 e. The molecule has 0 aromatic carbocycles. The molecule has 0 aromatic rings. The minimum absolute atomic E-state index is 0.114. The molecule has 1 spiro atoms. The number of fused-ring (bicyclic) bond motifs is 1. The number of allylic oxidation sites excluding steroid dienone is 1. The van der Waals surface area contributed by atoms with Crippen molar-refractivity contribution in [2.75, 3.05) is 0 Å². The average Bonchev–Trinajstić information content (AvgIpc) is 2.32. The van der Waals surface area contributed by atoms with Crippen molar-refractivity contribution in [3.8, 4) is 0 Å². The highest BCUT2D eigenvalue weighted by molar-refractivity contribution is 5.22. The molecular weight excluding hydrogens is 184 g/mol. The smallest absolute Gasteiger partial charge is 0.0904 e. The van der Waals surface area contributed by atoms with Crippen LogP contribution in [-0.4, -0.2) is 11.2 Å². The van der Waals surface area contributed by atoms with Crippen LogP contribution in [0.3, 0.4) is 0 Å². The lowest BCUT2D eigenvalue weighted by Crippen LogP contribution is -2.40. The molecule has 0 amide bonds. The van der Waals surface area contributed by atoms with E-state index in [1.54, 1.807) is 5.57 Å². The van der Waals surface area contributed by atoms with Gasteiger partial charge in [0.25, 0.3) is 0 Å². The van der Waals surface area contributed by atoms with E-state index in [-0.39, 0.29) is 11.2 Å². The van der Waals surface area contributed by atoms with E-state index >= 15 is 0 Å². The Morgan fingerprint density at radius 3 is 2.73 bits per heavy atom. The van der Waals surface area contributed by atoms with Gasteiger partial charge in [0, 0.05) is 0 Å². The summed E-state index contributed by atoms with van der Waals surface area (Å²) in [5.41, 5.74) is 1.79. The summed E-state index contributed by atoms with van der Waals surface area (Å²) in [4.78, 5) is 0. The molecule has 2 bridgehead atoms. The second-order valence-electron chi connectivity index (χ2n) is 6.37. The van der Waals surface area contributed by atoms with Crippen LogP contribution in [0.1, 0.15) is 52.9 Å². The van der Waals surface area contributed by atoms with Gasteiger partial charge < -0.3 is 4.74 Å². The molecule has 1 saturated carbocycles. The third kappa shape index (κ3) is 1.32. The quantitative estimate of drug-likeness (QED) is 0.549. The van der Waals surface area contributed by atoms with Gasteiger partial charge in [-0.15, -0.1) is 0 Å². The third-order valence-corrected chi connectivity index (χ3v) is 4.93. The van der Waals surface area contributed by atoms with E-state index in [1.807, 2.05) is 0 Å². The molecule has 0 radical (unpaired) electrons. The monoisotopic (exact) mass is 206 g/mol. The fourth-order valence-corrected chi connectivity index (χ4v) is 4.08. The second kappa shape index (κ2) is 2.88. The summed E-state index contributed by atoms with van der Waals surface area (Å²) < 4.78 is 6.46. The Hall–Kier alpha value is -0.300. The van der Waals surface area contributed by atoms with Crippen LogP contribution in [-0.2, 0) is 4.74 Å². The van der Waals surface area contributed by atoms with Crippen LogP contribution in [0.5, 0.6) is 0 Å². The Bertz CT molecular complexity index is 315. The molecule has 1 heterocycles. The first-order valence-electron chi connectivity index (χ1n) is 6.40. The van der Waals surface area contributed by atoms with Crippen molar-refractivity contribution < 1.29 is 4.74 Å². The van der Waals surface area contributed by atoms with Crippen LogP contribution in [0.4, 0.5) is 0 Å². The molecule has 1 saturated heterocycles. The first-order valence-corrected chi connectivity index (χ1v) is 6.40. The topological polar surface area (TPSA) is 9.23 Å². The Labute approximate surface area is 92.9 Å². The zero-order valence-corrected chi connectivity index (χ0v) is 10.2. The van der Waals surface area contributed by atoms with Crippen molar-refractivity contribution in [1.29, 1.82) is 0 Å². The fourth-order valence-electron chi connectivity index (χ4n) is 4.08. The van der Waals surface area contributed by atoms with Crippen molar-refractivity contribution in [3.63, 3.8) is 0 Å². The molecule has 2 aliphatic carbocycles. The van der Waals surface area contributed by atoms with Crippen molar-refractivity contribution in [1.82, 2.24) is 0 Å². The molecule has 1 aliphatic heterocycles. The van der Waals surface area contributed by atoms with Gasteiger partial charge in [0.1, 0.15) is 0 Å². The van der Waals surface area contributed by atoms with Gasteiger partial charge in [-0.2, -0.15) is 0 Å². The normalized spacial score (nSPS) is 47.3. The zero-order valence-electron chi connectivity index (χ0n) is 10.2. The summed E-state index contributed by atoms with van der Waals surface area (Å²) in [6.45, 7) is 6.84. The molecule has 0 N–H and O–H groups in total. The summed E-state index contributed by atoms with van der Waals surface area (Å²) in [6, 6.07) is 0. The second-order valence-corrected chi connectivity index (χ2v) is 6.37. The summed E-state index contributed by atoms with van der Waals surface area (Å²) in [7, 11) is 0. The highest BCUT2D eigenvalue weighted by Gasteiger charge is 2.56. The maximum atomic E-state index is 6.46. The van der Waals surface area contributed by atoms with Crippen LogP contribution in [0, 0.1) is 11.8 Å². The molecule has 3 rings (SSSR count). The fraction of sp³-hybridized carbons (Fsp3) is 0.857. The van der Waals surface area contributed by atoms with Crippen molar-refractivity contribution in [2.24, 2.45) is 11.8 Å². The van der Waals surface area contributed by atoms with Gasteiger partial charge in [-0.25, -0.2) is 0 Å². The van der Waals surface area contributed by atoms with Crippen LogP contribution < -0.4 is 0 Å². The summed E-state index contributed by atoms with van der Waals surface area (Å²) in [6.07, 6.45) is 9.15. The lowest BCUT2D eigenvalue weighted by atomic mass is 9.66. The molecule has 1 unspecified atom stereocenters. The van der Waals surface area contributed by atoms with Gasteiger partial charge in [-0.1, -0.05) is 11.6 Å². The molecule has 15 heavy (non-hydrogen) atoms. The van der Waals surface area contributed by atoms with E-state index in [1.165, 1.54) is 32.1 Å². The van der Waals surface area contributed by atoms with E-state index in [0.717, 1.165) is 11.8 Å². The average molecular weight is 206 g/mol. The van der Waals surface area contributed by atoms with Gasteiger partial charge in [0.2, 0.25) is 0 Å². The van der Waals surface area contributed by atoms with E-state index in [4.69, 9.17) is 4.74 Å². The standard InChI is InChI=1S/C14H22O/c1-10-4-5-11-6-7-12-9-14(11,8-10)15-13(12,2)3/h8,11-12H,4-7,9H2,1-3H3/t11?,12-,14-/m1/s1. The number of hydrogen-bond acceptors (Lipinski definition) is 1. The molecule has 1 heteroatoms. The molecule has 3 aliphatic rings. The number of ether oxygens (including phenoxy) is 1. The largest absolute Gasteiger partial charge is 0.364 e. The SMILES string of the molecule is CC1=C[C@@]23C[C@@H](CCC2CC1)C(C)(C)O3. The summed E-state index contributed by atoms with van der Waals surface area (Å²) in [5, 5.41) is 0. The van der Waals surface area contributed by atoms with Crippen molar-refractivity contribution in [2.45, 2.75) is 64.1 Å². The van der Waals surface area contributed by atoms with Crippen LogP contribution in [0.25, 0.3) is 0 Å². The zero-order chi connectivity index (χ0) is 10.7. The Balaban J connectivity index is 2.01.